The van der Waals surface area contributed by atoms with Gasteiger partial charge in [0.05, 0.1) is 6.54 Å². The van der Waals surface area contributed by atoms with Gasteiger partial charge in [-0.2, -0.15) is 0 Å². The van der Waals surface area contributed by atoms with Crippen molar-refractivity contribution in [3.8, 4) is 0 Å². The summed E-state index contributed by atoms with van der Waals surface area (Å²) in [6, 6.07) is 0.218. The Labute approximate surface area is 115 Å². The van der Waals surface area contributed by atoms with Gasteiger partial charge in [-0.3, -0.25) is 9.69 Å². The topological polar surface area (TPSA) is 78.7 Å². The van der Waals surface area contributed by atoms with Crippen molar-refractivity contribution >= 4 is 11.9 Å². The molecule has 0 radical (unpaired) electrons. The Kier molecular flexibility index (Phi) is 6.08. The van der Waals surface area contributed by atoms with Gasteiger partial charge in [-0.25, -0.2) is 4.79 Å². The van der Waals surface area contributed by atoms with E-state index in [1.54, 1.807) is 0 Å². The first-order chi connectivity index (χ1) is 8.93. The molecular weight excluding hydrogens is 244 g/mol. The van der Waals surface area contributed by atoms with Gasteiger partial charge in [-0.1, -0.05) is 20.8 Å². The second-order valence-electron chi connectivity index (χ2n) is 5.44. The van der Waals surface area contributed by atoms with E-state index < -0.39 is 0 Å². The van der Waals surface area contributed by atoms with Crippen molar-refractivity contribution in [1.29, 1.82) is 0 Å². The van der Waals surface area contributed by atoms with Crippen LogP contribution in [0.4, 0.5) is 4.79 Å². The minimum absolute atomic E-state index is 0.000671. The lowest BCUT2D eigenvalue weighted by Crippen LogP contribution is -2.55. The third kappa shape index (κ3) is 5.06. The van der Waals surface area contributed by atoms with Crippen molar-refractivity contribution in [3.05, 3.63) is 0 Å². The van der Waals surface area contributed by atoms with E-state index in [2.05, 4.69) is 26.1 Å². The summed E-state index contributed by atoms with van der Waals surface area (Å²) in [4.78, 5) is 26.7. The molecule has 6 nitrogen and oxygen atoms in total. The van der Waals surface area contributed by atoms with Crippen LogP contribution in [0.5, 0.6) is 0 Å². The maximum Gasteiger partial charge on any atom is 0.317 e. The Bertz CT molecular complexity index is 312. The summed E-state index contributed by atoms with van der Waals surface area (Å²) in [7, 11) is 0. The first kappa shape index (κ1) is 15.8. The predicted octanol–water partition coefficient (Wildman–Crippen LogP) is 0.234. The molecule has 1 rings (SSSR count). The van der Waals surface area contributed by atoms with Gasteiger partial charge < -0.3 is 16.0 Å². The molecule has 0 unspecified atom stereocenters. The van der Waals surface area contributed by atoms with E-state index in [1.165, 1.54) is 0 Å². The van der Waals surface area contributed by atoms with Crippen LogP contribution in [-0.2, 0) is 4.79 Å². The summed E-state index contributed by atoms with van der Waals surface area (Å²) in [6.45, 7) is 9.28. The van der Waals surface area contributed by atoms with E-state index in [1.807, 2.05) is 9.80 Å². The lowest BCUT2D eigenvalue weighted by Gasteiger charge is -2.35. The van der Waals surface area contributed by atoms with Crippen molar-refractivity contribution in [2.75, 3.05) is 32.7 Å². The zero-order valence-electron chi connectivity index (χ0n) is 12.2. The molecule has 19 heavy (non-hydrogen) atoms. The Morgan fingerprint density at radius 3 is 2.21 bits per heavy atom. The largest absolute Gasteiger partial charge is 0.369 e. The average Bonchev–Trinajstić information content (AvgIpc) is 2.35. The maximum absolute atomic E-state index is 12.1. The van der Waals surface area contributed by atoms with E-state index in [-0.39, 0.29) is 24.5 Å². The monoisotopic (exact) mass is 270 g/mol. The molecule has 1 fully saturated rings. The molecule has 1 aliphatic heterocycles. The molecule has 0 saturated carbocycles. The molecule has 0 aromatic carbocycles. The summed E-state index contributed by atoms with van der Waals surface area (Å²) in [6.07, 6.45) is 0.936. The third-order valence-electron chi connectivity index (χ3n) is 3.59. The molecule has 0 aliphatic carbocycles. The van der Waals surface area contributed by atoms with E-state index in [0.29, 0.717) is 32.1 Å². The molecule has 0 spiro atoms. The van der Waals surface area contributed by atoms with Gasteiger partial charge in [0.1, 0.15) is 0 Å². The number of piperazine rings is 1. The summed E-state index contributed by atoms with van der Waals surface area (Å²) >= 11 is 0. The second kappa shape index (κ2) is 7.33. The molecule has 1 atom stereocenters. The lowest BCUT2D eigenvalue weighted by molar-refractivity contribution is -0.119. The molecule has 6 heteroatoms. The molecule has 1 saturated heterocycles. The molecule has 3 N–H and O–H groups in total. The number of hydrogen-bond donors (Lipinski definition) is 2. The number of hydrogen-bond acceptors (Lipinski definition) is 3. The zero-order chi connectivity index (χ0) is 14.4. The number of nitrogens with zero attached hydrogens (tertiary/aromatic N) is 2. The Balaban J connectivity index is 2.38. The summed E-state index contributed by atoms with van der Waals surface area (Å²) in [5.41, 5.74) is 5.16. The maximum atomic E-state index is 12.1. The van der Waals surface area contributed by atoms with Crippen LogP contribution in [0.25, 0.3) is 0 Å². The fraction of sp³-hybridized carbons (Fsp3) is 0.846. The summed E-state index contributed by atoms with van der Waals surface area (Å²) in [5, 5.41) is 3.07. The molecule has 0 bridgehead atoms. The Morgan fingerprint density at radius 1 is 1.21 bits per heavy atom. The number of carbonyl (C=O) groups is 2. The zero-order valence-corrected chi connectivity index (χ0v) is 12.2. The molecule has 1 aliphatic rings. The van der Waals surface area contributed by atoms with Gasteiger partial charge in [0.25, 0.3) is 0 Å². The first-order valence-electron chi connectivity index (χ1n) is 7.00. The van der Waals surface area contributed by atoms with Crippen LogP contribution >= 0.6 is 0 Å². The lowest BCUT2D eigenvalue weighted by atomic mass is 10.0. The number of nitrogens with one attached hydrogen (secondary N) is 1. The van der Waals surface area contributed by atoms with E-state index in [4.69, 9.17) is 5.73 Å². The number of primary amides is 1. The van der Waals surface area contributed by atoms with E-state index in [9.17, 15) is 9.59 Å². The Hall–Kier alpha value is -1.30. The van der Waals surface area contributed by atoms with Crippen LogP contribution in [0.15, 0.2) is 0 Å². The first-order valence-corrected chi connectivity index (χ1v) is 7.00. The SMILES string of the molecule is CC[C@@H](NC(=O)N1CCN(CC(N)=O)CC1)C(C)C. The summed E-state index contributed by atoms with van der Waals surface area (Å²) < 4.78 is 0. The van der Waals surface area contributed by atoms with Crippen molar-refractivity contribution < 1.29 is 9.59 Å². The quantitative estimate of drug-likeness (QED) is 0.751. The standard InChI is InChI=1S/C13H26N4O2/c1-4-11(10(2)3)15-13(19)17-7-5-16(6-8-17)9-12(14)18/h10-11H,4-9H2,1-3H3,(H2,14,18)(H,15,19)/t11-/m1/s1. The van der Waals surface area contributed by atoms with Crippen molar-refractivity contribution in [1.82, 2.24) is 15.1 Å². The highest BCUT2D eigenvalue weighted by Gasteiger charge is 2.23. The van der Waals surface area contributed by atoms with E-state index in [0.717, 1.165) is 6.42 Å². The molecule has 1 heterocycles. The van der Waals surface area contributed by atoms with Crippen molar-refractivity contribution in [2.45, 2.75) is 33.2 Å². The van der Waals surface area contributed by atoms with Gasteiger partial charge in [0.2, 0.25) is 5.91 Å². The highest BCUT2D eigenvalue weighted by atomic mass is 16.2. The van der Waals surface area contributed by atoms with Gasteiger partial charge in [-0.15, -0.1) is 0 Å². The third-order valence-corrected chi connectivity index (χ3v) is 3.59. The normalized spacial score (nSPS) is 18.4. The van der Waals surface area contributed by atoms with E-state index >= 15 is 0 Å². The van der Waals surface area contributed by atoms with Gasteiger partial charge in [0.15, 0.2) is 0 Å². The second-order valence-corrected chi connectivity index (χ2v) is 5.44. The minimum atomic E-state index is -0.316. The fourth-order valence-corrected chi connectivity index (χ4v) is 2.32. The minimum Gasteiger partial charge on any atom is -0.369 e. The van der Waals surface area contributed by atoms with Crippen molar-refractivity contribution in [3.63, 3.8) is 0 Å². The number of carbonyl (C=O) groups excluding carboxylic acids is 2. The van der Waals surface area contributed by atoms with Crippen LogP contribution in [0, 0.1) is 5.92 Å². The number of amides is 3. The smallest absolute Gasteiger partial charge is 0.317 e. The molecule has 0 aromatic heterocycles. The molecule has 3 amide bonds. The molecular formula is C13H26N4O2. The van der Waals surface area contributed by atoms with Crippen LogP contribution < -0.4 is 11.1 Å². The van der Waals surface area contributed by atoms with Crippen LogP contribution in [-0.4, -0.2) is 60.5 Å². The molecule has 0 aromatic rings. The average molecular weight is 270 g/mol. The van der Waals surface area contributed by atoms with Gasteiger partial charge >= 0.3 is 6.03 Å². The number of rotatable bonds is 5. The van der Waals surface area contributed by atoms with Crippen LogP contribution in [0.1, 0.15) is 27.2 Å². The number of urea groups is 1. The van der Waals surface area contributed by atoms with Crippen LogP contribution in [0.3, 0.4) is 0 Å². The van der Waals surface area contributed by atoms with Gasteiger partial charge in [-0.05, 0) is 12.3 Å². The Morgan fingerprint density at radius 2 is 1.79 bits per heavy atom. The highest BCUT2D eigenvalue weighted by Crippen LogP contribution is 2.07. The molecule has 110 valence electrons. The van der Waals surface area contributed by atoms with Crippen molar-refractivity contribution in [2.24, 2.45) is 11.7 Å². The van der Waals surface area contributed by atoms with Gasteiger partial charge in [0, 0.05) is 32.2 Å². The highest BCUT2D eigenvalue weighted by molar-refractivity contribution is 5.76. The summed E-state index contributed by atoms with van der Waals surface area (Å²) in [5.74, 6) is 0.119. The van der Waals surface area contributed by atoms with Crippen LogP contribution in [0.2, 0.25) is 0 Å². The number of nitrogens with two attached hydrogens (primary N) is 1. The fourth-order valence-electron chi connectivity index (χ4n) is 2.32. The predicted molar refractivity (Wildman–Crippen MR) is 74.7 cm³/mol.